The Morgan fingerprint density at radius 1 is 1.14 bits per heavy atom. The molecule has 0 unspecified atom stereocenters. The van der Waals surface area contributed by atoms with Gasteiger partial charge >= 0.3 is 5.97 Å². The number of esters is 1. The van der Waals surface area contributed by atoms with E-state index in [2.05, 4.69) is 0 Å². The smallest absolute Gasteiger partial charge is 0.340 e. The summed E-state index contributed by atoms with van der Waals surface area (Å²) < 4.78 is 58.1. The molecule has 0 radical (unpaired) electrons. The number of para-hydroxylation sites is 1. The summed E-state index contributed by atoms with van der Waals surface area (Å²) in [5.41, 5.74) is 0.00755. The van der Waals surface area contributed by atoms with Gasteiger partial charge in [-0.3, -0.25) is 13.7 Å². The highest BCUT2D eigenvalue weighted by Crippen LogP contribution is 2.25. The van der Waals surface area contributed by atoms with Crippen molar-refractivity contribution in [3.63, 3.8) is 0 Å². The van der Waals surface area contributed by atoms with Gasteiger partial charge in [0.2, 0.25) is 10.0 Å². The molecule has 0 saturated heterocycles. The predicted molar refractivity (Wildman–Crippen MR) is 102 cm³/mol. The Balaban J connectivity index is 2.07. The molecule has 2 aromatic carbocycles. The number of methoxy groups -OCH3 is 1. The standard InChI is InChI=1S/C19H16F2N2O5S/c1-28-19(25)14-10-22(16-6-4-3-5-13(14)16)18(24)11-23(29(2,26)27)17-8-7-12(20)9-15(17)21/h3-10H,11H2,1-2H3. The highest BCUT2D eigenvalue weighted by molar-refractivity contribution is 7.92. The van der Waals surface area contributed by atoms with Crippen molar-refractivity contribution in [2.24, 2.45) is 0 Å². The number of fused-ring (bicyclic) bond motifs is 1. The number of sulfonamides is 1. The van der Waals surface area contributed by atoms with Gasteiger partial charge in [0.25, 0.3) is 5.91 Å². The average Bonchev–Trinajstić information content (AvgIpc) is 3.05. The van der Waals surface area contributed by atoms with Crippen LogP contribution in [0.25, 0.3) is 10.9 Å². The Labute approximate surface area is 165 Å². The number of carbonyl (C=O) groups excluding carboxylic acids is 2. The SMILES string of the molecule is COC(=O)c1cn(C(=O)CN(c2ccc(F)cc2F)S(C)(=O)=O)c2ccccc12. The van der Waals surface area contributed by atoms with Gasteiger partial charge in [-0.05, 0) is 18.2 Å². The molecule has 0 N–H and O–H groups in total. The monoisotopic (exact) mass is 422 g/mol. The van der Waals surface area contributed by atoms with E-state index in [1.54, 1.807) is 24.3 Å². The molecule has 10 heteroatoms. The van der Waals surface area contributed by atoms with E-state index in [9.17, 15) is 26.8 Å². The molecule has 0 aliphatic rings. The molecule has 0 amide bonds. The molecule has 0 aliphatic carbocycles. The molecule has 1 heterocycles. The molecule has 0 saturated carbocycles. The first-order valence-corrected chi connectivity index (χ1v) is 10.1. The lowest BCUT2D eigenvalue weighted by Crippen LogP contribution is -2.37. The van der Waals surface area contributed by atoms with Gasteiger partial charge in [0, 0.05) is 17.6 Å². The van der Waals surface area contributed by atoms with Crippen LogP contribution in [0.1, 0.15) is 15.2 Å². The number of carbonyl (C=O) groups is 2. The molecule has 3 aromatic rings. The molecule has 0 atom stereocenters. The Kier molecular flexibility index (Phi) is 5.38. The van der Waals surface area contributed by atoms with Crippen LogP contribution in [0.3, 0.4) is 0 Å². The van der Waals surface area contributed by atoms with Crippen LogP contribution in [-0.2, 0) is 14.8 Å². The maximum Gasteiger partial charge on any atom is 0.340 e. The van der Waals surface area contributed by atoms with E-state index >= 15 is 0 Å². The van der Waals surface area contributed by atoms with Gasteiger partial charge in [-0.1, -0.05) is 18.2 Å². The minimum absolute atomic E-state index is 0.121. The van der Waals surface area contributed by atoms with Crippen molar-refractivity contribution in [2.45, 2.75) is 0 Å². The maximum absolute atomic E-state index is 14.2. The number of aromatic nitrogens is 1. The molecule has 152 valence electrons. The Hall–Kier alpha value is -3.27. The normalized spacial score (nSPS) is 11.4. The summed E-state index contributed by atoms with van der Waals surface area (Å²) in [5, 5.41) is 0.437. The van der Waals surface area contributed by atoms with E-state index in [-0.39, 0.29) is 5.56 Å². The lowest BCUT2D eigenvalue weighted by Gasteiger charge is -2.22. The zero-order valence-electron chi connectivity index (χ0n) is 15.4. The molecule has 0 fully saturated rings. The number of rotatable bonds is 5. The molecule has 7 nitrogen and oxygen atoms in total. The third-order valence-electron chi connectivity index (χ3n) is 4.24. The predicted octanol–water partition coefficient (Wildman–Crippen LogP) is 2.81. The van der Waals surface area contributed by atoms with E-state index in [0.717, 1.165) is 23.0 Å². The van der Waals surface area contributed by atoms with E-state index in [1.165, 1.54) is 13.3 Å². The Morgan fingerprint density at radius 3 is 2.45 bits per heavy atom. The molecular formula is C19H16F2N2O5S. The summed E-state index contributed by atoms with van der Waals surface area (Å²) in [7, 11) is -2.89. The number of hydrogen-bond acceptors (Lipinski definition) is 5. The largest absolute Gasteiger partial charge is 0.465 e. The zero-order chi connectivity index (χ0) is 21.3. The van der Waals surface area contributed by atoms with Crippen LogP contribution in [0.5, 0.6) is 0 Å². The van der Waals surface area contributed by atoms with Crippen molar-refractivity contribution in [1.82, 2.24) is 4.57 Å². The first-order chi connectivity index (χ1) is 13.6. The van der Waals surface area contributed by atoms with E-state index in [1.807, 2.05) is 0 Å². The fourth-order valence-corrected chi connectivity index (χ4v) is 3.77. The summed E-state index contributed by atoms with van der Waals surface area (Å²) in [6, 6.07) is 8.84. The van der Waals surface area contributed by atoms with Gasteiger partial charge in [0.1, 0.15) is 18.2 Å². The van der Waals surface area contributed by atoms with Crippen LogP contribution >= 0.6 is 0 Å². The average molecular weight is 422 g/mol. The highest BCUT2D eigenvalue weighted by Gasteiger charge is 2.26. The van der Waals surface area contributed by atoms with Crippen LogP contribution < -0.4 is 4.31 Å². The fourth-order valence-electron chi connectivity index (χ4n) is 2.92. The maximum atomic E-state index is 14.2. The highest BCUT2D eigenvalue weighted by atomic mass is 32.2. The molecule has 1 aromatic heterocycles. The first-order valence-electron chi connectivity index (χ1n) is 8.28. The van der Waals surface area contributed by atoms with Crippen molar-refractivity contribution >= 4 is 38.5 Å². The van der Waals surface area contributed by atoms with E-state index in [4.69, 9.17) is 4.74 Å². The zero-order valence-corrected chi connectivity index (χ0v) is 16.2. The molecule has 29 heavy (non-hydrogen) atoms. The van der Waals surface area contributed by atoms with Crippen molar-refractivity contribution in [3.05, 3.63) is 65.9 Å². The second kappa shape index (κ2) is 7.63. The molecule has 0 spiro atoms. The van der Waals surface area contributed by atoms with Crippen molar-refractivity contribution in [2.75, 3.05) is 24.2 Å². The lowest BCUT2D eigenvalue weighted by atomic mass is 10.2. The summed E-state index contributed by atoms with van der Waals surface area (Å²) in [6.45, 7) is -0.763. The molecular weight excluding hydrogens is 406 g/mol. The van der Waals surface area contributed by atoms with Crippen LogP contribution in [-0.4, -0.2) is 44.8 Å². The number of halogens is 2. The van der Waals surface area contributed by atoms with Crippen molar-refractivity contribution < 1.29 is 31.5 Å². The third kappa shape index (κ3) is 3.97. The molecule has 3 rings (SSSR count). The Bertz CT molecular complexity index is 1220. The van der Waals surface area contributed by atoms with Crippen molar-refractivity contribution in [1.29, 1.82) is 0 Å². The summed E-state index contributed by atoms with van der Waals surface area (Å²) >= 11 is 0. The Morgan fingerprint density at radius 2 is 1.83 bits per heavy atom. The topological polar surface area (TPSA) is 85.7 Å². The van der Waals surface area contributed by atoms with Gasteiger partial charge in [-0.2, -0.15) is 0 Å². The van der Waals surface area contributed by atoms with Gasteiger partial charge in [0.05, 0.1) is 30.1 Å². The summed E-state index contributed by atoms with van der Waals surface area (Å²) in [6.07, 6.45) is 2.04. The lowest BCUT2D eigenvalue weighted by molar-refractivity contribution is 0.0603. The van der Waals surface area contributed by atoms with E-state index in [0.29, 0.717) is 21.3 Å². The number of nitrogens with zero attached hydrogens (tertiary/aromatic N) is 2. The number of hydrogen-bond donors (Lipinski definition) is 0. The molecule has 0 bridgehead atoms. The van der Waals surface area contributed by atoms with Crippen LogP contribution in [0, 0.1) is 11.6 Å². The number of anilines is 1. The van der Waals surface area contributed by atoms with Crippen LogP contribution in [0.15, 0.2) is 48.7 Å². The van der Waals surface area contributed by atoms with Gasteiger partial charge in [-0.15, -0.1) is 0 Å². The van der Waals surface area contributed by atoms with Crippen LogP contribution in [0.2, 0.25) is 0 Å². The van der Waals surface area contributed by atoms with Crippen molar-refractivity contribution in [3.8, 4) is 0 Å². The van der Waals surface area contributed by atoms with E-state index < -0.39 is 45.8 Å². The first kappa shape index (κ1) is 20.5. The molecule has 0 aliphatic heterocycles. The second-order valence-corrected chi connectivity index (χ2v) is 8.09. The summed E-state index contributed by atoms with van der Waals surface area (Å²) in [5.74, 6) is -3.43. The van der Waals surface area contributed by atoms with Crippen LogP contribution in [0.4, 0.5) is 14.5 Å². The quantitative estimate of drug-likeness (QED) is 0.591. The second-order valence-electron chi connectivity index (χ2n) is 6.18. The van der Waals surface area contributed by atoms with Gasteiger partial charge in [0.15, 0.2) is 0 Å². The minimum Gasteiger partial charge on any atom is -0.465 e. The third-order valence-corrected chi connectivity index (χ3v) is 5.37. The number of benzene rings is 2. The number of ether oxygens (including phenoxy) is 1. The fraction of sp³-hybridized carbons (Fsp3) is 0.158. The minimum atomic E-state index is -4.08. The van der Waals surface area contributed by atoms with Gasteiger partial charge < -0.3 is 4.74 Å². The van der Waals surface area contributed by atoms with Gasteiger partial charge in [-0.25, -0.2) is 22.0 Å². The summed E-state index contributed by atoms with van der Waals surface area (Å²) in [4.78, 5) is 24.9.